The minimum Gasteiger partial charge on any atom is -0.399 e. The van der Waals surface area contributed by atoms with Crippen molar-refractivity contribution in [2.45, 2.75) is 38.0 Å². The third kappa shape index (κ3) is 5.09. The van der Waals surface area contributed by atoms with Gasteiger partial charge in [-0.1, -0.05) is 43.3 Å². The Morgan fingerprint density at radius 1 is 1.15 bits per heavy atom. The Bertz CT molecular complexity index is 1490. The summed E-state index contributed by atoms with van der Waals surface area (Å²) >= 11 is 0. The highest BCUT2D eigenvalue weighted by Gasteiger charge is 2.48. The summed E-state index contributed by atoms with van der Waals surface area (Å²) in [6.07, 6.45) is 3.95. The number of aliphatic hydroxyl groups excluding tert-OH is 1. The maximum Gasteiger partial charge on any atom is 0.261 e. The largest absolute Gasteiger partial charge is 0.399 e. The number of carbonyl (C=O) groups excluding carboxylic acids is 3. The smallest absolute Gasteiger partial charge is 0.261 e. The first-order chi connectivity index (χ1) is 19.2. The Kier molecular flexibility index (Phi) is 7.42. The number of benzene rings is 3. The first-order valence-corrected chi connectivity index (χ1v) is 13.2. The molecule has 9 nitrogen and oxygen atoms in total. The van der Waals surface area contributed by atoms with Gasteiger partial charge in [0.15, 0.2) is 5.60 Å². The van der Waals surface area contributed by atoms with Crippen LogP contribution in [0.4, 0.5) is 17.1 Å². The van der Waals surface area contributed by atoms with Crippen LogP contribution < -0.4 is 16.4 Å². The van der Waals surface area contributed by atoms with Crippen molar-refractivity contribution >= 4 is 34.8 Å². The maximum atomic E-state index is 13.1. The molecule has 0 saturated heterocycles. The minimum absolute atomic E-state index is 0.0608. The fraction of sp³-hybridized carbons (Fsp3) is 0.258. The second-order valence-electron chi connectivity index (χ2n) is 10.3. The number of anilines is 3. The molecule has 6 N–H and O–H groups in total. The van der Waals surface area contributed by atoms with E-state index >= 15 is 0 Å². The molecule has 0 aromatic heterocycles. The van der Waals surface area contributed by atoms with Gasteiger partial charge in [0.2, 0.25) is 5.91 Å². The van der Waals surface area contributed by atoms with Crippen molar-refractivity contribution in [1.82, 2.24) is 4.90 Å². The van der Waals surface area contributed by atoms with Gasteiger partial charge in [-0.05, 0) is 60.0 Å². The fourth-order valence-corrected chi connectivity index (χ4v) is 5.35. The van der Waals surface area contributed by atoms with Crippen molar-refractivity contribution in [3.63, 3.8) is 0 Å². The van der Waals surface area contributed by atoms with Crippen molar-refractivity contribution in [3.8, 4) is 0 Å². The zero-order chi connectivity index (χ0) is 28.4. The summed E-state index contributed by atoms with van der Waals surface area (Å²) in [6, 6.07) is 18.9. The molecule has 0 saturated carbocycles. The van der Waals surface area contributed by atoms with E-state index in [1.54, 1.807) is 66.4 Å². The Hall–Kier alpha value is -4.47. The summed E-state index contributed by atoms with van der Waals surface area (Å²) in [5.74, 6) is -1.76. The van der Waals surface area contributed by atoms with Gasteiger partial charge in [0, 0.05) is 47.1 Å². The van der Waals surface area contributed by atoms with Crippen molar-refractivity contribution in [2.24, 2.45) is 5.92 Å². The molecule has 3 amide bonds. The molecule has 2 aliphatic rings. The summed E-state index contributed by atoms with van der Waals surface area (Å²) in [6.45, 7) is 1.99. The molecule has 2 heterocycles. The first-order valence-electron chi connectivity index (χ1n) is 13.2. The summed E-state index contributed by atoms with van der Waals surface area (Å²) in [5.41, 5.74) is 8.16. The van der Waals surface area contributed by atoms with Crippen LogP contribution in [0.5, 0.6) is 0 Å². The predicted molar refractivity (Wildman–Crippen MR) is 152 cm³/mol. The molecule has 0 unspecified atom stereocenters. The number of hydrogen-bond donors (Lipinski definition) is 5. The van der Waals surface area contributed by atoms with Gasteiger partial charge < -0.3 is 31.5 Å². The van der Waals surface area contributed by atoms with E-state index in [9.17, 15) is 24.6 Å². The Labute approximate surface area is 232 Å². The standard InChI is InChI=1S/C31H32N4O5/c1-19(5-4-8-28(37)35-17-22-7-3-2-6-21(22)15-25(35)18-36)31(40)26-16-24(13-14-27(26)34-30(31)39)33-29(38)20-9-11-23(32)12-10-20/h2-7,9-14,16,19,25,36,40H,8,15,17-18,32H2,1H3,(H,33,38)(H,34,39)/b5-4+/t19-,25-,31+/m0/s1. The van der Waals surface area contributed by atoms with E-state index in [0.29, 0.717) is 41.2 Å². The minimum atomic E-state index is -1.89. The molecule has 0 radical (unpaired) electrons. The second-order valence-corrected chi connectivity index (χ2v) is 10.3. The second kappa shape index (κ2) is 11.0. The lowest BCUT2D eigenvalue weighted by Gasteiger charge is -2.36. The summed E-state index contributed by atoms with van der Waals surface area (Å²) < 4.78 is 0. The molecule has 40 heavy (non-hydrogen) atoms. The molecule has 3 aromatic carbocycles. The number of carbonyl (C=O) groups is 3. The van der Waals surface area contributed by atoms with Crippen LogP contribution >= 0.6 is 0 Å². The highest BCUT2D eigenvalue weighted by atomic mass is 16.3. The molecular formula is C31H32N4O5. The van der Waals surface area contributed by atoms with E-state index in [2.05, 4.69) is 10.6 Å². The number of hydrogen-bond acceptors (Lipinski definition) is 6. The summed E-state index contributed by atoms with van der Waals surface area (Å²) in [7, 11) is 0. The third-order valence-electron chi connectivity index (χ3n) is 7.72. The molecule has 3 aromatic rings. The van der Waals surface area contributed by atoms with Crippen molar-refractivity contribution in [1.29, 1.82) is 0 Å². The van der Waals surface area contributed by atoms with Crippen LogP contribution in [0.1, 0.15) is 40.4 Å². The zero-order valence-electron chi connectivity index (χ0n) is 22.1. The normalized spacial score (nSPS) is 20.5. The molecule has 3 atom stereocenters. The van der Waals surface area contributed by atoms with Crippen LogP contribution in [0.15, 0.2) is 78.9 Å². The van der Waals surface area contributed by atoms with Gasteiger partial charge >= 0.3 is 0 Å². The van der Waals surface area contributed by atoms with Gasteiger partial charge in [-0.2, -0.15) is 0 Å². The van der Waals surface area contributed by atoms with E-state index in [1.165, 1.54) is 0 Å². The summed E-state index contributed by atoms with van der Waals surface area (Å²) in [4.78, 5) is 40.4. The monoisotopic (exact) mass is 540 g/mol. The van der Waals surface area contributed by atoms with Crippen LogP contribution in [-0.2, 0) is 28.2 Å². The van der Waals surface area contributed by atoms with Crippen molar-refractivity contribution < 1.29 is 24.6 Å². The average molecular weight is 541 g/mol. The molecular weight excluding hydrogens is 508 g/mol. The van der Waals surface area contributed by atoms with Crippen LogP contribution in [-0.4, -0.2) is 45.5 Å². The zero-order valence-corrected chi connectivity index (χ0v) is 22.1. The van der Waals surface area contributed by atoms with Gasteiger partial charge in [-0.15, -0.1) is 0 Å². The number of nitrogen functional groups attached to an aromatic ring is 1. The lowest BCUT2D eigenvalue weighted by Crippen LogP contribution is -2.46. The molecule has 9 heteroatoms. The van der Waals surface area contributed by atoms with Crippen LogP contribution in [0.25, 0.3) is 0 Å². The highest BCUT2D eigenvalue weighted by Crippen LogP contribution is 2.43. The third-order valence-corrected chi connectivity index (χ3v) is 7.72. The SMILES string of the molecule is C[C@@H](/C=C/CC(=O)N1Cc2ccccc2C[C@H]1CO)[C@]1(O)C(=O)Nc2ccc(NC(=O)c3ccc(N)cc3)cc21. The molecule has 0 bridgehead atoms. The van der Waals surface area contributed by atoms with Gasteiger partial charge in [-0.3, -0.25) is 14.4 Å². The lowest BCUT2D eigenvalue weighted by atomic mass is 9.82. The Morgan fingerprint density at radius 2 is 1.88 bits per heavy atom. The van der Waals surface area contributed by atoms with E-state index in [0.717, 1.165) is 11.1 Å². The van der Waals surface area contributed by atoms with Crippen molar-refractivity contribution in [3.05, 3.63) is 101 Å². The number of nitrogens with one attached hydrogen (secondary N) is 2. The number of fused-ring (bicyclic) bond motifs is 2. The number of nitrogens with two attached hydrogens (primary N) is 1. The van der Waals surface area contributed by atoms with Gasteiger partial charge in [0.1, 0.15) is 0 Å². The van der Waals surface area contributed by atoms with Crippen LogP contribution in [0.3, 0.4) is 0 Å². The van der Waals surface area contributed by atoms with E-state index in [4.69, 9.17) is 5.73 Å². The number of nitrogens with zero attached hydrogens (tertiary/aromatic N) is 1. The maximum absolute atomic E-state index is 13.1. The topological polar surface area (TPSA) is 145 Å². The predicted octanol–water partition coefficient (Wildman–Crippen LogP) is 3.19. The Morgan fingerprint density at radius 3 is 2.60 bits per heavy atom. The van der Waals surface area contributed by atoms with Crippen molar-refractivity contribution in [2.75, 3.05) is 23.0 Å². The first kappa shape index (κ1) is 27.1. The number of aliphatic hydroxyl groups is 2. The van der Waals surface area contributed by atoms with Crippen LogP contribution in [0, 0.1) is 5.92 Å². The van der Waals surface area contributed by atoms with E-state index < -0.39 is 17.4 Å². The van der Waals surface area contributed by atoms with Gasteiger partial charge in [-0.25, -0.2) is 0 Å². The number of rotatable bonds is 7. The molecule has 2 aliphatic heterocycles. The molecule has 0 spiro atoms. The Balaban J connectivity index is 1.29. The molecule has 0 aliphatic carbocycles. The molecule has 5 rings (SSSR count). The van der Waals surface area contributed by atoms with Gasteiger partial charge in [0.25, 0.3) is 11.8 Å². The van der Waals surface area contributed by atoms with Gasteiger partial charge in [0.05, 0.1) is 12.6 Å². The van der Waals surface area contributed by atoms with E-state index in [-0.39, 0.29) is 30.9 Å². The summed E-state index contributed by atoms with van der Waals surface area (Å²) in [5, 5.41) is 27.0. The molecule has 0 fully saturated rings. The average Bonchev–Trinajstić information content (AvgIpc) is 3.22. The lowest BCUT2D eigenvalue weighted by molar-refractivity contribution is -0.137. The van der Waals surface area contributed by atoms with E-state index in [1.807, 2.05) is 24.3 Å². The van der Waals surface area contributed by atoms with Crippen LogP contribution in [0.2, 0.25) is 0 Å². The fourth-order valence-electron chi connectivity index (χ4n) is 5.35. The molecule has 206 valence electrons. The quantitative estimate of drug-likeness (QED) is 0.230. The number of amides is 3. The highest BCUT2D eigenvalue weighted by molar-refractivity contribution is 6.07.